The Morgan fingerprint density at radius 1 is 1.19 bits per heavy atom. The second-order valence-corrected chi connectivity index (χ2v) is 7.05. The minimum Gasteiger partial charge on any atom is -0.484 e. The standard InChI is InChI=1S/C21H21NO4/c1-15-6-8-16(9-7-15)25-13-20(24)22-11-10-21(14-22)12-18(23)17-4-2-3-5-19(17)26-21/h2-9H,10-14H2,1H3. The summed E-state index contributed by atoms with van der Waals surface area (Å²) < 4.78 is 11.7. The highest BCUT2D eigenvalue weighted by molar-refractivity contribution is 6.00. The van der Waals surface area contributed by atoms with Gasteiger partial charge in [0.15, 0.2) is 12.4 Å². The molecule has 0 saturated carbocycles. The number of hydrogen-bond acceptors (Lipinski definition) is 4. The molecule has 2 aliphatic rings. The van der Waals surface area contributed by atoms with E-state index in [1.165, 1.54) is 0 Å². The number of hydrogen-bond donors (Lipinski definition) is 0. The van der Waals surface area contributed by atoms with Gasteiger partial charge in [-0.05, 0) is 31.2 Å². The third-order valence-corrected chi connectivity index (χ3v) is 5.05. The molecule has 0 aliphatic carbocycles. The van der Waals surface area contributed by atoms with Crippen LogP contribution in [0, 0.1) is 6.92 Å². The molecule has 4 rings (SSSR count). The topological polar surface area (TPSA) is 55.8 Å². The summed E-state index contributed by atoms with van der Waals surface area (Å²) >= 11 is 0. The van der Waals surface area contributed by atoms with E-state index < -0.39 is 5.60 Å². The highest BCUT2D eigenvalue weighted by Crippen LogP contribution is 2.38. The van der Waals surface area contributed by atoms with Crippen molar-refractivity contribution in [3.05, 3.63) is 59.7 Å². The predicted molar refractivity (Wildman–Crippen MR) is 96.6 cm³/mol. The lowest BCUT2D eigenvalue weighted by Gasteiger charge is -2.34. The summed E-state index contributed by atoms with van der Waals surface area (Å²) in [6, 6.07) is 14.9. The van der Waals surface area contributed by atoms with Gasteiger partial charge in [-0.3, -0.25) is 9.59 Å². The molecule has 1 spiro atoms. The first kappa shape index (κ1) is 16.6. The molecule has 2 aliphatic heterocycles. The lowest BCUT2D eigenvalue weighted by Crippen LogP contribution is -2.45. The van der Waals surface area contributed by atoms with Crippen LogP contribution in [0.1, 0.15) is 28.8 Å². The number of carbonyl (C=O) groups is 2. The number of fused-ring (bicyclic) bond motifs is 1. The quantitative estimate of drug-likeness (QED) is 0.853. The van der Waals surface area contributed by atoms with Crippen LogP contribution in [0.5, 0.6) is 11.5 Å². The molecule has 0 N–H and O–H groups in total. The zero-order valence-corrected chi connectivity index (χ0v) is 14.7. The Balaban J connectivity index is 1.40. The maximum Gasteiger partial charge on any atom is 0.260 e. The van der Waals surface area contributed by atoms with E-state index in [4.69, 9.17) is 9.47 Å². The van der Waals surface area contributed by atoms with Gasteiger partial charge in [0.25, 0.3) is 5.91 Å². The number of ketones is 1. The summed E-state index contributed by atoms with van der Waals surface area (Å²) in [6.45, 7) is 2.99. The first-order valence-electron chi connectivity index (χ1n) is 8.83. The fraction of sp³-hybridized carbons (Fsp3) is 0.333. The maximum absolute atomic E-state index is 12.5. The van der Waals surface area contributed by atoms with Crippen LogP contribution in [0.4, 0.5) is 0 Å². The Morgan fingerprint density at radius 3 is 2.77 bits per heavy atom. The van der Waals surface area contributed by atoms with Gasteiger partial charge >= 0.3 is 0 Å². The third-order valence-electron chi connectivity index (χ3n) is 5.05. The molecule has 134 valence electrons. The van der Waals surface area contributed by atoms with Crippen molar-refractivity contribution in [2.45, 2.75) is 25.4 Å². The van der Waals surface area contributed by atoms with Crippen LogP contribution in [0.2, 0.25) is 0 Å². The predicted octanol–water partition coefficient (Wildman–Crippen LogP) is 3.01. The number of Topliss-reactive ketones (excluding diaryl/α,β-unsaturated/α-hetero) is 1. The van der Waals surface area contributed by atoms with Gasteiger partial charge in [-0.1, -0.05) is 29.8 Å². The highest BCUT2D eigenvalue weighted by Gasteiger charge is 2.46. The van der Waals surface area contributed by atoms with E-state index in [-0.39, 0.29) is 18.3 Å². The normalized spacial score (nSPS) is 21.4. The first-order valence-corrected chi connectivity index (χ1v) is 8.83. The van der Waals surface area contributed by atoms with Crippen LogP contribution >= 0.6 is 0 Å². The molecule has 2 aromatic rings. The second kappa shape index (κ2) is 6.48. The lowest BCUT2D eigenvalue weighted by atomic mass is 9.89. The number of nitrogens with zero attached hydrogens (tertiary/aromatic N) is 1. The molecule has 1 amide bonds. The number of para-hydroxylation sites is 1. The van der Waals surface area contributed by atoms with E-state index >= 15 is 0 Å². The summed E-state index contributed by atoms with van der Waals surface area (Å²) in [6.07, 6.45) is 0.968. The molecule has 1 atom stereocenters. The fourth-order valence-corrected chi connectivity index (χ4v) is 3.60. The Labute approximate surface area is 152 Å². The SMILES string of the molecule is Cc1ccc(OCC(=O)N2CCC3(CC(=O)c4ccccc4O3)C2)cc1. The summed E-state index contributed by atoms with van der Waals surface area (Å²) in [5, 5.41) is 0. The van der Waals surface area contributed by atoms with E-state index in [1.54, 1.807) is 11.0 Å². The lowest BCUT2D eigenvalue weighted by molar-refractivity contribution is -0.133. The van der Waals surface area contributed by atoms with Gasteiger partial charge in [0.1, 0.15) is 17.1 Å². The molecule has 26 heavy (non-hydrogen) atoms. The molecule has 5 heteroatoms. The summed E-state index contributed by atoms with van der Waals surface area (Å²) in [5.41, 5.74) is 1.17. The summed E-state index contributed by atoms with van der Waals surface area (Å²) in [4.78, 5) is 26.7. The Morgan fingerprint density at radius 2 is 1.96 bits per heavy atom. The van der Waals surface area contributed by atoms with Crippen molar-refractivity contribution < 1.29 is 19.1 Å². The van der Waals surface area contributed by atoms with Crippen LogP contribution in [0.15, 0.2) is 48.5 Å². The van der Waals surface area contributed by atoms with Crippen LogP contribution in [-0.2, 0) is 4.79 Å². The van der Waals surface area contributed by atoms with Gasteiger partial charge in [-0.2, -0.15) is 0 Å². The van der Waals surface area contributed by atoms with E-state index in [1.807, 2.05) is 49.4 Å². The first-order chi connectivity index (χ1) is 12.5. The Hall–Kier alpha value is -2.82. The van der Waals surface area contributed by atoms with Crippen molar-refractivity contribution in [2.24, 2.45) is 0 Å². The molecule has 1 fully saturated rings. The maximum atomic E-state index is 12.5. The number of likely N-dealkylation sites (tertiary alicyclic amines) is 1. The minimum atomic E-state index is -0.606. The van der Waals surface area contributed by atoms with Crippen LogP contribution < -0.4 is 9.47 Å². The fourth-order valence-electron chi connectivity index (χ4n) is 3.60. The Bertz CT molecular complexity index is 845. The largest absolute Gasteiger partial charge is 0.484 e. The van der Waals surface area contributed by atoms with Crippen LogP contribution in [-0.4, -0.2) is 41.9 Å². The van der Waals surface area contributed by atoms with Gasteiger partial charge in [-0.15, -0.1) is 0 Å². The van der Waals surface area contributed by atoms with Crippen molar-refractivity contribution in [3.8, 4) is 11.5 Å². The molecule has 5 nitrogen and oxygen atoms in total. The average Bonchev–Trinajstić information content (AvgIpc) is 3.04. The number of ether oxygens (including phenoxy) is 2. The number of amides is 1. The molecule has 0 aromatic heterocycles. The van der Waals surface area contributed by atoms with Crippen LogP contribution in [0.3, 0.4) is 0 Å². The number of aryl methyl sites for hydroxylation is 1. The highest BCUT2D eigenvalue weighted by atomic mass is 16.5. The smallest absolute Gasteiger partial charge is 0.260 e. The molecule has 1 unspecified atom stereocenters. The average molecular weight is 351 g/mol. The second-order valence-electron chi connectivity index (χ2n) is 7.05. The van der Waals surface area contributed by atoms with Gasteiger partial charge in [0.2, 0.25) is 0 Å². The van der Waals surface area contributed by atoms with Gasteiger partial charge in [0, 0.05) is 13.0 Å². The number of rotatable bonds is 3. The molecular formula is C21H21NO4. The number of benzene rings is 2. The minimum absolute atomic E-state index is 0.0102. The van der Waals surface area contributed by atoms with Crippen molar-refractivity contribution in [1.82, 2.24) is 4.90 Å². The molecule has 2 heterocycles. The van der Waals surface area contributed by atoms with Crippen LogP contribution in [0.25, 0.3) is 0 Å². The molecular weight excluding hydrogens is 330 g/mol. The number of carbonyl (C=O) groups excluding carboxylic acids is 2. The zero-order valence-electron chi connectivity index (χ0n) is 14.7. The monoisotopic (exact) mass is 351 g/mol. The van der Waals surface area contributed by atoms with E-state index in [2.05, 4.69) is 0 Å². The molecule has 1 saturated heterocycles. The van der Waals surface area contributed by atoms with Gasteiger partial charge in [0.05, 0.1) is 18.5 Å². The van der Waals surface area contributed by atoms with Crippen molar-refractivity contribution in [1.29, 1.82) is 0 Å². The Kier molecular flexibility index (Phi) is 4.15. The summed E-state index contributed by atoms with van der Waals surface area (Å²) in [7, 11) is 0. The zero-order chi connectivity index (χ0) is 18.1. The van der Waals surface area contributed by atoms with E-state index in [9.17, 15) is 9.59 Å². The van der Waals surface area contributed by atoms with Crippen molar-refractivity contribution >= 4 is 11.7 Å². The van der Waals surface area contributed by atoms with Gasteiger partial charge < -0.3 is 14.4 Å². The van der Waals surface area contributed by atoms with E-state index in [0.717, 1.165) is 5.56 Å². The van der Waals surface area contributed by atoms with Crippen molar-refractivity contribution in [2.75, 3.05) is 19.7 Å². The molecule has 0 radical (unpaired) electrons. The van der Waals surface area contributed by atoms with E-state index in [0.29, 0.717) is 43.0 Å². The van der Waals surface area contributed by atoms with Gasteiger partial charge in [-0.25, -0.2) is 0 Å². The molecule has 2 aromatic carbocycles. The van der Waals surface area contributed by atoms with Crippen molar-refractivity contribution in [3.63, 3.8) is 0 Å². The summed E-state index contributed by atoms with van der Waals surface area (Å²) in [5.74, 6) is 1.29. The third kappa shape index (κ3) is 3.17. The molecule has 0 bridgehead atoms.